The highest BCUT2D eigenvalue weighted by Gasteiger charge is 2.27. The molecule has 2 heterocycles. The van der Waals surface area contributed by atoms with E-state index in [1.54, 1.807) is 13.0 Å². The Hall–Kier alpha value is -3.11. The van der Waals surface area contributed by atoms with E-state index in [0.29, 0.717) is 34.7 Å². The van der Waals surface area contributed by atoms with Gasteiger partial charge in [0.15, 0.2) is 11.0 Å². The van der Waals surface area contributed by atoms with E-state index in [0.717, 1.165) is 49.0 Å². The number of aromatic nitrogens is 3. The molecule has 1 aliphatic carbocycles. The summed E-state index contributed by atoms with van der Waals surface area (Å²) in [4.78, 5) is 26.9. The number of fused-ring (bicyclic) bond motifs is 1. The first-order chi connectivity index (χ1) is 18.0. The zero-order chi connectivity index (χ0) is 26.2. The number of allylic oxidation sites excluding steroid dienone is 1. The average molecular weight is 541 g/mol. The molecule has 0 saturated carbocycles. The number of hydrogen-bond acceptors (Lipinski definition) is 8. The summed E-state index contributed by atoms with van der Waals surface area (Å²) in [6, 6.07) is 7.79. The van der Waals surface area contributed by atoms with Gasteiger partial charge in [-0.05, 0) is 56.7 Å². The van der Waals surface area contributed by atoms with Gasteiger partial charge in [0.05, 0.1) is 17.9 Å². The van der Waals surface area contributed by atoms with Crippen molar-refractivity contribution in [3.05, 3.63) is 64.3 Å². The van der Waals surface area contributed by atoms with Crippen LogP contribution in [0.25, 0.3) is 0 Å². The molecule has 0 fully saturated rings. The van der Waals surface area contributed by atoms with Gasteiger partial charge in [-0.15, -0.1) is 28.1 Å². The number of amides is 1. The van der Waals surface area contributed by atoms with Crippen LogP contribution in [0, 0.1) is 6.92 Å². The lowest BCUT2D eigenvalue weighted by Crippen LogP contribution is -2.17. The molecule has 37 heavy (non-hydrogen) atoms. The molecule has 0 bridgehead atoms. The molecule has 0 saturated heterocycles. The lowest BCUT2D eigenvalue weighted by Gasteiger charge is -2.11. The van der Waals surface area contributed by atoms with E-state index in [4.69, 9.17) is 9.47 Å². The number of hydrogen-bond donors (Lipinski definition) is 1. The van der Waals surface area contributed by atoms with Crippen LogP contribution in [0.3, 0.4) is 0 Å². The summed E-state index contributed by atoms with van der Waals surface area (Å²) in [5, 5.41) is 12.7. The van der Waals surface area contributed by atoms with Gasteiger partial charge in [-0.3, -0.25) is 9.36 Å². The molecule has 196 valence electrons. The first-order valence-electron chi connectivity index (χ1n) is 12.5. The minimum Gasteiger partial charge on any atom is -0.485 e. The molecule has 1 aliphatic rings. The lowest BCUT2D eigenvalue weighted by atomic mass is 10.1. The molecule has 2 aromatic heterocycles. The highest BCUT2D eigenvalue weighted by atomic mass is 32.2. The number of esters is 1. The van der Waals surface area contributed by atoms with Crippen molar-refractivity contribution in [1.82, 2.24) is 14.8 Å². The second kappa shape index (κ2) is 12.9. The number of ether oxygens (including phenoxy) is 2. The van der Waals surface area contributed by atoms with Gasteiger partial charge < -0.3 is 14.8 Å². The molecule has 1 aromatic carbocycles. The third kappa shape index (κ3) is 6.61. The summed E-state index contributed by atoms with van der Waals surface area (Å²) in [6.07, 6.45) is 6.79. The molecular formula is C27H32N4O4S2. The van der Waals surface area contributed by atoms with Gasteiger partial charge in [0.25, 0.3) is 0 Å². The normalized spacial score (nSPS) is 12.9. The second-order valence-corrected chi connectivity index (χ2v) is 10.7. The number of nitrogens with one attached hydrogen (secondary N) is 1. The number of anilines is 1. The number of thiophene rings is 1. The Morgan fingerprint density at radius 3 is 2.81 bits per heavy atom. The molecule has 0 aliphatic heterocycles. The maximum Gasteiger partial charge on any atom is 0.341 e. The van der Waals surface area contributed by atoms with Gasteiger partial charge in [-0.25, -0.2) is 4.79 Å². The van der Waals surface area contributed by atoms with Crippen molar-refractivity contribution in [2.45, 2.75) is 64.3 Å². The van der Waals surface area contributed by atoms with E-state index in [9.17, 15) is 9.59 Å². The monoisotopic (exact) mass is 540 g/mol. The van der Waals surface area contributed by atoms with Crippen LogP contribution < -0.4 is 10.1 Å². The fourth-order valence-electron chi connectivity index (χ4n) is 4.25. The lowest BCUT2D eigenvalue weighted by molar-refractivity contribution is -0.113. The third-order valence-electron chi connectivity index (χ3n) is 6.04. The third-order valence-corrected chi connectivity index (χ3v) is 8.22. The molecule has 0 unspecified atom stereocenters. The molecular weight excluding hydrogens is 508 g/mol. The van der Waals surface area contributed by atoms with E-state index in [1.807, 2.05) is 35.8 Å². The second-order valence-electron chi connectivity index (χ2n) is 8.68. The van der Waals surface area contributed by atoms with Crippen LogP contribution in [0.4, 0.5) is 5.00 Å². The van der Waals surface area contributed by atoms with Crippen molar-refractivity contribution in [1.29, 1.82) is 0 Å². The van der Waals surface area contributed by atoms with Crippen molar-refractivity contribution in [3.63, 3.8) is 0 Å². The van der Waals surface area contributed by atoms with Crippen molar-refractivity contribution in [3.8, 4) is 5.75 Å². The van der Waals surface area contributed by atoms with E-state index in [2.05, 4.69) is 22.1 Å². The van der Waals surface area contributed by atoms with Crippen molar-refractivity contribution < 1.29 is 19.1 Å². The van der Waals surface area contributed by atoms with Crippen LogP contribution in [-0.2, 0) is 35.5 Å². The Bertz CT molecular complexity index is 1270. The summed E-state index contributed by atoms with van der Waals surface area (Å²) in [5.74, 6) is 0.985. The quantitative estimate of drug-likeness (QED) is 0.147. The Morgan fingerprint density at radius 2 is 2.03 bits per heavy atom. The number of benzene rings is 1. The summed E-state index contributed by atoms with van der Waals surface area (Å²) in [5.41, 5.74) is 2.59. The van der Waals surface area contributed by atoms with Gasteiger partial charge >= 0.3 is 5.97 Å². The zero-order valence-corrected chi connectivity index (χ0v) is 22.9. The highest BCUT2D eigenvalue weighted by Crippen LogP contribution is 2.38. The maximum absolute atomic E-state index is 12.9. The number of rotatable bonds is 11. The van der Waals surface area contributed by atoms with Gasteiger partial charge in [-0.1, -0.05) is 42.5 Å². The number of aryl methyl sites for hydroxylation is 2. The number of nitrogens with zero attached hydrogens (tertiary/aromatic N) is 3. The molecule has 0 radical (unpaired) electrons. The van der Waals surface area contributed by atoms with E-state index in [1.165, 1.54) is 28.0 Å². The summed E-state index contributed by atoms with van der Waals surface area (Å²) >= 11 is 2.78. The van der Waals surface area contributed by atoms with Crippen LogP contribution in [0.2, 0.25) is 0 Å². The SMILES string of the molecule is C=CCn1c(COc2ccccc2C)nnc1SCC(=O)Nc1sc2c(c1C(=O)OCC)CCCCC2. The largest absolute Gasteiger partial charge is 0.485 e. The van der Waals surface area contributed by atoms with Crippen molar-refractivity contribution in [2.24, 2.45) is 0 Å². The molecule has 10 heteroatoms. The Labute approximate surface area is 225 Å². The van der Waals surface area contributed by atoms with Crippen LogP contribution in [-0.4, -0.2) is 39.0 Å². The zero-order valence-electron chi connectivity index (χ0n) is 21.2. The minimum atomic E-state index is -0.367. The maximum atomic E-state index is 12.9. The smallest absolute Gasteiger partial charge is 0.341 e. The molecule has 1 amide bonds. The van der Waals surface area contributed by atoms with Gasteiger partial charge in [-0.2, -0.15) is 0 Å². The molecule has 1 N–H and O–H groups in total. The number of para-hydroxylation sites is 1. The van der Waals surface area contributed by atoms with Crippen LogP contribution in [0.15, 0.2) is 42.1 Å². The molecule has 0 atom stereocenters. The summed E-state index contributed by atoms with van der Waals surface area (Å²) < 4.78 is 13.2. The average Bonchev–Trinajstić information content (AvgIpc) is 3.34. The highest BCUT2D eigenvalue weighted by molar-refractivity contribution is 7.99. The standard InChI is InChI=1S/C27H32N4O4S2/c1-4-15-31-22(16-35-20-13-10-9-11-18(20)3)29-30-27(31)36-17-23(32)28-25-24(26(33)34-5-2)19-12-7-6-8-14-21(19)37-25/h4,9-11,13H,1,5-8,12,14-17H2,2-3H3,(H,28,32). The number of carbonyl (C=O) groups excluding carboxylic acids is 2. The van der Waals surface area contributed by atoms with Gasteiger partial charge in [0.2, 0.25) is 5.91 Å². The minimum absolute atomic E-state index is 0.124. The predicted octanol–water partition coefficient (Wildman–Crippen LogP) is 5.59. The van der Waals surface area contributed by atoms with Crippen LogP contribution in [0.1, 0.15) is 58.4 Å². The van der Waals surface area contributed by atoms with E-state index < -0.39 is 0 Å². The summed E-state index contributed by atoms with van der Waals surface area (Å²) in [6.45, 7) is 8.65. The van der Waals surface area contributed by atoms with Gasteiger partial charge in [0, 0.05) is 11.4 Å². The Balaban J connectivity index is 1.44. The number of thioether (sulfide) groups is 1. The molecule has 3 aromatic rings. The predicted molar refractivity (Wildman–Crippen MR) is 147 cm³/mol. The number of carbonyl (C=O) groups is 2. The Morgan fingerprint density at radius 1 is 1.22 bits per heavy atom. The van der Waals surface area contributed by atoms with Gasteiger partial charge in [0.1, 0.15) is 17.4 Å². The van der Waals surface area contributed by atoms with Crippen LogP contribution >= 0.6 is 23.1 Å². The van der Waals surface area contributed by atoms with Crippen LogP contribution in [0.5, 0.6) is 5.75 Å². The fraction of sp³-hybridized carbons (Fsp3) is 0.407. The van der Waals surface area contributed by atoms with Crippen molar-refractivity contribution in [2.75, 3.05) is 17.7 Å². The molecule has 0 spiro atoms. The van der Waals surface area contributed by atoms with Crippen molar-refractivity contribution >= 4 is 40.0 Å². The fourth-order valence-corrected chi connectivity index (χ4v) is 6.31. The van der Waals surface area contributed by atoms with E-state index in [-0.39, 0.29) is 24.2 Å². The van der Waals surface area contributed by atoms with E-state index >= 15 is 0 Å². The topological polar surface area (TPSA) is 95.3 Å². The summed E-state index contributed by atoms with van der Waals surface area (Å²) in [7, 11) is 0. The molecule has 8 nitrogen and oxygen atoms in total. The Kier molecular flexibility index (Phi) is 9.40. The first-order valence-corrected chi connectivity index (χ1v) is 14.3. The first kappa shape index (κ1) is 26.9. The molecule has 4 rings (SSSR count).